The SMILES string of the molecule is COCCOc1cc([N+](=O)[O-])c(C(=O)N2CCC(C)(CN)C2)cc1OC.Cl. The first-order valence-electron chi connectivity index (χ1n) is 8.32. The second-order valence-electron chi connectivity index (χ2n) is 6.61. The molecular formula is C17H26ClN3O6. The van der Waals surface area contributed by atoms with Crippen LogP contribution in [0.3, 0.4) is 0 Å². The van der Waals surface area contributed by atoms with E-state index >= 15 is 0 Å². The Morgan fingerprint density at radius 1 is 1.33 bits per heavy atom. The fraction of sp³-hybridized carbons (Fsp3) is 0.588. The van der Waals surface area contributed by atoms with Crippen molar-refractivity contribution in [1.82, 2.24) is 4.90 Å². The van der Waals surface area contributed by atoms with Crippen LogP contribution in [-0.2, 0) is 4.74 Å². The molecule has 1 amide bonds. The molecule has 10 heteroatoms. The van der Waals surface area contributed by atoms with Crippen LogP contribution in [0.1, 0.15) is 23.7 Å². The van der Waals surface area contributed by atoms with Crippen LogP contribution in [0.25, 0.3) is 0 Å². The van der Waals surface area contributed by atoms with E-state index in [0.29, 0.717) is 26.2 Å². The van der Waals surface area contributed by atoms with Crippen molar-refractivity contribution < 1.29 is 23.9 Å². The summed E-state index contributed by atoms with van der Waals surface area (Å²) in [6, 6.07) is 2.58. The van der Waals surface area contributed by atoms with Gasteiger partial charge in [-0.2, -0.15) is 0 Å². The summed E-state index contributed by atoms with van der Waals surface area (Å²) >= 11 is 0. The van der Waals surface area contributed by atoms with Gasteiger partial charge in [0.05, 0.1) is 24.7 Å². The van der Waals surface area contributed by atoms with E-state index in [-0.39, 0.29) is 47.2 Å². The van der Waals surface area contributed by atoms with Gasteiger partial charge >= 0.3 is 0 Å². The largest absolute Gasteiger partial charge is 0.493 e. The highest BCUT2D eigenvalue weighted by Crippen LogP contribution is 2.37. The first kappa shape index (κ1) is 22.9. The average molecular weight is 404 g/mol. The lowest BCUT2D eigenvalue weighted by Gasteiger charge is -2.22. The number of amides is 1. The number of methoxy groups -OCH3 is 2. The molecule has 2 rings (SSSR count). The number of nitrogens with two attached hydrogens (primary N) is 1. The van der Waals surface area contributed by atoms with Gasteiger partial charge in [-0.05, 0) is 18.4 Å². The Balaban J connectivity index is 0.00000364. The lowest BCUT2D eigenvalue weighted by atomic mass is 9.90. The van der Waals surface area contributed by atoms with Crippen LogP contribution in [0, 0.1) is 15.5 Å². The molecule has 152 valence electrons. The Hall–Kier alpha value is -2.10. The molecule has 0 spiro atoms. The van der Waals surface area contributed by atoms with E-state index in [1.165, 1.54) is 26.4 Å². The summed E-state index contributed by atoms with van der Waals surface area (Å²) in [6.45, 7) is 3.96. The second-order valence-corrected chi connectivity index (χ2v) is 6.61. The van der Waals surface area contributed by atoms with E-state index in [9.17, 15) is 14.9 Å². The van der Waals surface area contributed by atoms with Gasteiger partial charge in [0.15, 0.2) is 11.5 Å². The van der Waals surface area contributed by atoms with Gasteiger partial charge in [-0.15, -0.1) is 12.4 Å². The highest BCUT2D eigenvalue weighted by atomic mass is 35.5. The van der Waals surface area contributed by atoms with Crippen LogP contribution < -0.4 is 15.2 Å². The normalized spacial score (nSPS) is 18.7. The molecule has 1 aliphatic heterocycles. The maximum atomic E-state index is 12.9. The molecule has 0 saturated carbocycles. The number of nitrogens with zero attached hydrogens (tertiary/aromatic N) is 2. The summed E-state index contributed by atoms with van der Waals surface area (Å²) in [5, 5.41) is 11.5. The number of likely N-dealkylation sites (tertiary alicyclic amines) is 1. The zero-order valence-corrected chi connectivity index (χ0v) is 16.5. The average Bonchev–Trinajstić information content (AvgIpc) is 3.03. The summed E-state index contributed by atoms with van der Waals surface area (Å²) in [6.07, 6.45) is 0.762. The third-order valence-corrected chi connectivity index (χ3v) is 4.59. The van der Waals surface area contributed by atoms with Gasteiger partial charge in [0.1, 0.15) is 12.2 Å². The number of hydrogen-bond acceptors (Lipinski definition) is 7. The smallest absolute Gasteiger partial charge is 0.286 e. The van der Waals surface area contributed by atoms with E-state index in [4.69, 9.17) is 19.9 Å². The zero-order chi connectivity index (χ0) is 19.3. The monoisotopic (exact) mass is 403 g/mol. The third-order valence-electron chi connectivity index (χ3n) is 4.59. The molecule has 2 N–H and O–H groups in total. The number of nitro groups is 1. The molecule has 9 nitrogen and oxygen atoms in total. The van der Waals surface area contributed by atoms with Crippen LogP contribution >= 0.6 is 12.4 Å². The molecule has 1 aliphatic rings. The van der Waals surface area contributed by atoms with Crippen LogP contribution in [-0.4, -0.2) is 62.8 Å². The number of carbonyl (C=O) groups excluding carboxylic acids is 1. The maximum Gasteiger partial charge on any atom is 0.286 e. The molecule has 0 radical (unpaired) electrons. The Kier molecular flexibility index (Phi) is 8.26. The standard InChI is InChI=1S/C17H25N3O6.ClH/c1-17(10-18)4-5-19(11-17)16(21)12-8-14(25-3)15(26-7-6-24-2)9-13(12)20(22)23;/h8-9H,4-7,10-11,18H2,1-3H3;1H. The minimum Gasteiger partial charge on any atom is -0.493 e. The van der Waals surface area contributed by atoms with Crippen molar-refractivity contribution in [2.75, 3.05) is 47.1 Å². The summed E-state index contributed by atoms with van der Waals surface area (Å²) in [5.41, 5.74) is 5.27. The quantitative estimate of drug-likeness (QED) is 0.400. The van der Waals surface area contributed by atoms with E-state index in [1.54, 1.807) is 4.90 Å². The van der Waals surface area contributed by atoms with Gasteiger partial charge in [-0.1, -0.05) is 6.92 Å². The fourth-order valence-electron chi connectivity index (χ4n) is 2.91. The molecule has 1 atom stereocenters. The molecule has 0 aromatic heterocycles. The lowest BCUT2D eigenvalue weighted by molar-refractivity contribution is -0.385. The minimum absolute atomic E-state index is 0. The van der Waals surface area contributed by atoms with E-state index in [1.807, 2.05) is 6.92 Å². The van der Waals surface area contributed by atoms with Crippen molar-refractivity contribution >= 4 is 24.0 Å². The van der Waals surface area contributed by atoms with E-state index < -0.39 is 10.8 Å². The van der Waals surface area contributed by atoms with Gasteiger partial charge in [0, 0.05) is 26.3 Å². The second kappa shape index (κ2) is 9.72. The molecule has 1 unspecified atom stereocenters. The van der Waals surface area contributed by atoms with Gasteiger partial charge in [0.25, 0.3) is 11.6 Å². The molecule has 1 aromatic carbocycles. The van der Waals surface area contributed by atoms with Gasteiger partial charge in [-0.3, -0.25) is 14.9 Å². The first-order chi connectivity index (χ1) is 12.3. The van der Waals surface area contributed by atoms with Crippen LogP contribution in [0.2, 0.25) is 0 Å². The first-order valence-corrected chi connectivity index (χ1v) is 8.32. The molecule has 1 heterocycles. The molecule has 1 fully saturated rings. The number of rotatable bonds is 8. The van der Waals surface area contributed by atoms with Crippen LogP contribution in [0.5, 0.6) is 11.5 Å². The summed E-state index contributed by atoms with van der Waals surface area (Å²) in [4.78, 5) is 25.4. The molecule has 1 aromatic rings. The molecule has 27 heavy (non-hydrogen) atoms. The lowest BCUT2D eigenvalue weighted by Crippen LogP contribution is -2.34. The Morgan fingerprint density at radius 2 is 2.04 bits per heavy atom. The number of halogens is 1. The summed E-state index contributed by atoms with van der Waals surface area (Å²) in [7, 11) is 2.94. The van der Waals surface area contributed by atoms with E-state index in [2.05, 4.69) is 0 Å². The predicted molar refractivity (Wildman–Crippen MR) is 102 cm³/mol. The van der Waals surface area contributed by atoms with Crippen molar-refractivity contribution in [3.63, 3.8) is 0 Å². The van der Waals surface area contributed by atoms with Crippen molar-refractivity contribution in [3.8, 4) is 11.5 Å². The highest BCUT2D eigenvalue weighted by molar-refractivity contribution is 5.99. The number of ether oxygens (including phenoxy) is 3. The van der Waals surface area contributed by atoms with Crippen molar-refractivity contribution in [2.24, 2.45) is 11.1 Å². The molecular weight excluding hydrogens is 378 g/mol. The summed E-state index contributed by atoms with van der Waals surface area (Å²) < 4.78 is 15.6. The number of benzene rings is 1. The van der Waals surface area contributed by atoms with Gasteiger partial charge in [0.2, 0.25) is 0 Å². The number of nitro benzene ring substituents is 1. The highest BCUT2D eigenvalue weighted by Gasteiger charge is 2.37. The predicted octanol–water partition coefficient (Wildman–Crippen LogP) is 1.86. The van der Waals surface area contributed by atoms with Crippen molar-refractivity contribution in [2.45, 2.75) is 13.3 Å². The van der Waals surface area contributed by atoms with Crippen molar-refractivity contribution in [3.05, 3.63) is 27.8 Å². The van der Waals surface area contributed by atoms with Crippen LogP contribution in [0.15, 0.2) is 12.1 Å². The van der Waals surface area contributed by atoms with Gasteiger partial charge < -0.3 is 24.8 Å². The Bertz CT molecular complexity index is 687. The zero-order valence-electron chi connectivity index (χ0n) is 15.7. The topological polar surface area (TPSA) is 117 Å². The number of carbonyl (C=O) groups is 1. The van der Waals surface area contributed by atoms with Gasteiger partial charge in [-0.25, -0.2) is 0 Å². The van der Waals surface area contributed by atoms with E-state index in [0.717, 1.165) is 6.42 Å². The minimum atomic E-state index is -0.589. The summed E-state index contributed by atoms with van der Waals surface area (Å²) in [5.74, 6) is 0.0486. The fourth-order valence-corrected chi connectivity index (χ4v) is 2.91. The Labute approximate surface area is 164 Å². The van der Waals surface area contributed by atoms with Crippen molar-refractivity contribution in [1.29, 1.82) is 0 Å². The number of hydrogen-bond donors (Lipinski definition) is 1. The molecule has 1 saturated heterocycles. The van der Waals surface area contributed by atoms with Crippen LogP contribution in [0.4, 0.5) is 5.69 Å². The molecule has 0 aliphatic carbocycles. The molecule has 0 bridgehead atoms. The maximum absolute atomic E-state index is 12.9. The Morgan fingerprint density at radius 3 is 2.56 bits per heavy atom. The third kappa shape index (κ3) is 5.21.